The molecule has 2 fully saturated rings. The molecule has 1 spiro atoms. The molecule has 3 aliphatic rings. The molecule has 0 radical (unpaired) electrons. The number of likely N-dealkylation sites (tertiary alicyclic amines) is 1. The zero-order valence-electron chi connectivity index (χ0n) is 13.9. The van der Waals surface area contributed by atoms with Crippen LogP contribution in [-0.2, 0) is 25.6 Å². The number of aryl methyl sites for hydroxylation is 1. The van der Waals surface area contributed by atoms with E-state index in [4.69, 9.17) is 9.47 Å². The average Bonchev–Trinajstić information content (AvgIpc) is 3.19. The van der Waals surface area contributed by atoms with Gasteiger partial charge in [0.1, 0.15) is 11.5 Å². The van der Waals surface area contributed by atoms with Crippen LogP contribution < -0.4 is 0 Å². The lowest BCUT2D eigenvalue weighted by molar-refractivity contribution is -0.153. The lowest BCUT2D eigenvalue weighted by atomic mass is 9.77. The molecule has 2 saturated heterocycles. The maximum Gasteiger partial charge on any atom is 0.312 e. The lowest BCUT2D eigenvalue weighted by Crippen LogP contribution is -2.40. The molecule has 5 nitrogen and oxygen atoms in total. The minimum atomic E-state index is -0.663. The molecule has 0 N–H and O–H groups in total. The van der Waals surface area contributed by atoms with Crippen LogP contribution in [0.4, 0.5) is 0 Å². The molecule has 4 rings (SSSR count). The summed E-state index contributed by atoms with van der Waals surface area (Å²) >= 11 is 0. The highest BCUT2D eigenvalue weighted by atomic mass is 16.6. The Balaban J connectivity index is 1.58. The molecule has 3 aliphatic heterocycles. The summed E-state index contributed by atoms with van der Waals surface area (Å²) in [4.78, 5) is 27.1. The number of carbonyl (C=O) groups is 2. The number of carbonyl (C=O) groups excluding carboxylic acids is 2. The van der Waals surface area contributed by atoms with E-state index in [1.54, 1.807) is 11.8 Å². The van der Waals surface area contributed by atoms with Gasteiger partial charge in [-0.2, -0.15) is 0 Å². The van der Waals surface area contributed by atoms with Gasteiger partial charge in [-0.05, 0) is 19.4 Å². The Morgan fingerprint density at radius 2 is 2.12 bits per heavy atom. The molecule has 5 heteroatoms. The van der Waals surface area contributed by atoms with Crippen molar-refractivity contribution in [3.63, 3.8) is 0 Å². The van der Waals surface area contributed by atoms with Crippen molar-refractivity contribution in [1.82, 2.24) is 4.90 Å². The van der Waals surface area contributed by atoms with Crippen molar-refractivity contribution in [2.45, 2.75) is 32.1 Å². The fraction of sp³-hybridized carbons (Fsp3) is 0.474. The van der Waals surface area contributed by atoms with Crippen molar-refractivity contribution < 1.29 is 19.1 Å². The number of nitrogens with zero attached hydrogens (tertiary/aromatic N) is 1. The van der Waals surface area contributed by atoms with Crippen molar-refractivity contribution in [3.05, 3.63) is 47.5 Å². The number of amides is 1. The summed E-state index contributed by atoms with van der Waals surface area (Å²) in [5.41, 5.74) is 1.61. The molecule has 3 heterocycles. The van der Waals surface area contributed by atoms with Crippen LogP contribution in [-0.4, -0.2) is 41.6 Å². The molecular weight excluding hydrogens is 306 g/mol. The van der Waals surface area contributed by atoms with Crippen LogP contribution in [0.2, 0.25) is 0 Å². The van der Waals surface area contributed by atoms with Crippen LogP contribution in [0.25, 0.3) is 0 Å². The zero-order valence-corrected chi connectivity index (χ0v) is 13.9. The fourth-order valence-electron chi connectivity index (χ4n) is 4.13. The maximum atomic E-state index is 13.0. The van der Waals surface area contributed by atoms with Crippen LogP contribution in [0.15, 0.2) is 36.4 Å². The molecule has 0 aliphatic carbocycles. The summed E-state index contributed by atoms with van der Waals surface area (Å²) < 4.78 is 11.2. The summed E-state index contributed by atoms with van der Waals surface area (Å²) in [6.45, 7) is 5.15. The van der Waals surface area contributed by atoms with Gasteiger partial charge >= 0.3 is 5.97 Å². The van der Waals surface area contributed by atoms with E-state index in [0.717, 1.165) is 5.56 Å². The summed E-state index contributed by atoms with van der Waals surface area (Å²) in [6.07, 6.45) is 3.53. The number of esters is 1. The van der Waals surface area contributed by atoms with Gasteiger partial charge in [0.15, 0.2) is 0 Å². The third kappa shape index (κ3) is 2.18. The summed E-state index contributed by atoms with van der Waals surface area (Å²) in [6, 6.07) is 8.15. The Bertz CT molecular complexity index is 711. The molecule has 0 unspecified atom stereocenters. The fourth-order valence-corrected chi connectivity index (χ4v) is 4.13. The molecule has 0 aromatic heterocycles. The first kappa shape index (κ1) is 15.4. The molecule has 126 valence electrons. The highest BCUT2D eigenvalue weighted by Gasteiger charge is 2.67. The monoisotopic (exact) mass is 327 g/mol. The number of hydrogen-bond acceptors (Lipinski definition) is 4. The predicted molar refractivity (Wildman–Crippen MR) is 87.0 cm³/mol. The Morgan fingerprint density at radius 3 is 2.83 bits per heavy atom. The second kappa shape index (κ2) is 5.45. The van der Waals surface area contributed by atoms with Gasteiger partial charge in [-0.3, -0.25) is 9.59 Å². The van der Waals surface area contributed by atoms with Gasteiger partial charge in [-0.1, -0.05) is 42.0 Å². The normalized spacial score (nSPS) is 33.2. The van der Waals surface area contributed by atoms with Crippen LogP contribution in [0.1, 0.15) is 18.1 Å². The van der Waals surface area contributed by atoms with Gasteiger partial charge in [0.25, 0.3) is 0 Å². The van der Waals surface area contributed by atoms with Gasteiger partial charge < -0.3 is 14.4 Å². The highest BCUT2D eigenvalue weighted by molar-refractivity contribution is 5.91. The zero-order chi connectivity index (χ0) is 16.9. The van der Waals surface area contributed by atoms with Crippen LogP contribution in [0.5, 0.6) is 0 Å². The van der Waals surface area contributed by atoms with E-state index in [1.165, 1.54) is 5.56 Å². The molecule has 1 aromatic carbocycles. The Labute approximate surface area is 141 Å². The first-order valence-electron chi connectivity index (χ1n) is 8.42. The highest BCUT2D eigenvalue weighted by Crippen LogP contribution is 2.52. The second-order valence-corrected chi connectivity index (χ2v) is 6.83. The van der Waals surface area contributed by atoms with Crippen molar-refractivity contribution >= 4 is 11.9 Å². The number of benzene rings is 1. The molecule has 4 atom stereocenters. The molecule has 1 aromatic rings. The van der Waals surface area contributed by atoms with E-state index in [-0.39, 0.29) is 18.0 Å². The molecule has 24 heavy (non-hydrogen) atoms. The van der Waals surface area contributed by atoms with Crippen LogP contribution >= 0.6 is 0 Å². The number of fused-ring (bicyclic) bond motifs is 1. The molecule has 2 bridgehead atoms. The minimum Gasteiger partial charge on any atom is -0.466 e. The first-order chi connectivity index (χ1) is 11.5. The van der Waals surface area contributed by atoms with Crippen molar-refractivity contribution in [1.29, 1.82) is 0 Å². The van der Waals surface area contributed by atoms with Gasteiger partial charge in [0.05, 0.1) is 25.2 Å². The SMILES string of the molecule is CCOC(=O)[C@H]1[C@@H]2C=C[C@@]3(CN(Cc4ccc(C)cc4)C(=O)[C@H]13)O2. The van der Waals surface area contributed by atoms with E-state index in [2.05, 4.69) is 0 Å². The molecular formula is C19H21NO4. The summed E-state index contributed by atoms with van der Waals surface area (Å²) in [5.74, 6) is -1.33. The van der Waals surface area contributed by atoms with Crippen molar-refractivity contribution in [3.8, 4) is 0 Å². The van der Waals surface area contributed by atoms with E-state index in [9.17, 15) is 9.59 Å². The van der Waals surface area contributed by atoms with E-state index in [0.29, 0.717) is 19.7 Å². The predicted octanol–water partition coefficient (Wildman–Crippen LogP) is 1.84. The quantitative estimate of drug-likeness (QED) is 0.625. The van der Waals surface area contributed by atoms with E-state index in [1.807, 2.05) is 43.3 Å². The topological polar surface area (TPSA) is 55.8 Å². The maximum absolute atomic E-state index is 13.0. The standard InChI is InChI=1S/C19H21NO4/c1-3-23-18(22)15-14-8-9-19(24-14)11-20(17(21)16(15)19)10-13-6-4-12(2)5-7-13/h4-9,14-16H,3,10-11H2,1-2H3/t14-,15-,16-,19-/m0/s1. The van der Waals surface area contributed by atoms with Gasteiger partial charge in [0, 0.05) is 6.54 Å². The van der Waals surface area contributed by atoms with Crippen molar-refractivity contribution in [2.75, 3.05) is 13.2 Å². The van der Waals surface area contributed by atoms with Gasteiger partial charge in [-0.15, -0.1) is 0 Å². The number of rotatable bonds is 4. The lowest BCUT2D eigenvalue weighted by Gasteiger charge is -2.22. The Kier molecular flexibility index (Phi) is 3.49. The van der Waals surface area contributed by atoms with Crippen LogP contribution in [0.3, 0.4) is 0 Å². The molecule has 0 saturated carbocycles. The number of ether oxygens (including phenoxy) is 2. The van der Waals surface area contributed by atoms with Crippen LogP contribution in [0, 0.1) is 18.8 Å². The minimum absolute atomic E-state index is 0.0134. The van der Waals surface area contributed by atoms with Crippen molar-refractivity contribution in [2.24, 2.45) is 11.8 Å². The van der Waals surface area contributed by atoms with Gasteiger partial charge in [-0.25, -0.2) is 0 Å². The first-order valence-corrected chi connectivity index (χ1v) is 8.42. The van der Waals surface area contributed by atoms with Gasteiger partial charge in [0.2, 0.25) is 5.91 Å². The largest absolute Gasteiger partial charge is 0.466 e. The number of hydrogen-bond donors (Lipinski definition) is 0. The summed E-state index contributed by atoms with van der Waals surface area (Å²) in [5, 5.41) is 0. The van der Waals surface area contributed by atoms with E-state index >= 15 is 0 Å². The molecule has 1 amide bonds. The summed E-state index contributed by atoms with van der Waals surface area (Å²) in [7, 11) is 0. The third-order valence-corrected chi connectivity index (χ3v) is 5.23. The Hall–Kier alpha value is -2.14. The smallest absolute Gasteiger partial charge is 0.312 e. The average molecular weight is 327 g/mol. The third-order valence-electron chi connectivity index (χ3n) is 5.23. The second-order valence-electron chi connectivity index (χ2n) is 6.83. The van der Waals surface area contributed by atoms with E-state index < -0.39 is 17.4 Å². The Morgan fingerprint density at radius 1 is 1.38 bits per heavy atom.